The molecule has 0 bridgehead atoms. The SMILES string of the molecule is O=S(Cl)O/N=C(\Cl)c1ccccc1. The van der Waals surface area contributed by atoms with Crippen molar-refractivity contribution in [3.8, 4) is 0 Å². The standard InChI is InChI=1S/C7H5Cl2NO2S/c8-7(10-12-13(9)11)6-4-2-1-3-5-6/h1-5H/b10-7-. The van der Waals surface area contributed by atoms with Crippen LogP contribution in [0.2, 0.25) is 0 Å². The second kappa shape index (κ2) is 5.21. The van der Waals surface area contributed by atoms with Gasteiger partial charge in [0.1, 0.15) is 0 Å². The van der Waals surface area contributed by atoms with Gasteiger partial charge >= 0.3 is 10.3 Å². The number of hydrogen-bond donors (Lipinski definition) is 0. The van der Waals surface area contributed by atoms with E-state index in [1.165, 1.54) is 0 Å². The lowest BCUT2D eigenvalue weighted by molar-refractivity contribution is 0.384. The summed E-state index contributed by atoms with van der Waals surface area (Å²) in [7, 11) is 3.03. The van der Waals surface area contributed by atoms with Crippen LogP contribution in [0, 0.1) is 0 Å². The molecule has 0 aliphatic heterocycles. The Morgan fingerprint density at radius 1 is 1.38 bits per heavy atom. The van der Waals surface area contributed by atoms with Crippen LogP contribution in [0.15, 0.2) is 35.5 Å². The van der Waals surface area contributed by atoms with Gasteiger partial charge in [-0.05, 0) is 0 Å². The van der Waals surface area contributed by atoms with E-state index in [-0.39, 0.29) is 5.17 Å². The van der Waals surface area contributed by atoms with Crippen LogP contribution < -0.4 is 0 Å². The molecule has 1 rings (SSSR count). The molecule has 0 amide bonds. The molecule has 0 spiro atoms. The van der Waals surface area contributed by atoms with E-state index < -0.39 is 10.3 Å². The molecule has 13 heavy (non-hydrogen) atoms. The summed E-state index contributed by atoms with van der Waals surface area (Å²) < 4.78 is 14.5. The predicted molar refractivity (Wildman–Crippen MR) is 53.9 cm³/mol. The van der Waals surface area contributed by atoms with Gasteiger partial charge in [0.15, 0.2) is 5.17 Å². The van der Waals surface area contributed by atoms with Gasteiger partial charge in [0.2, 0.25) is 0 Å². The van der Waals surface area contributed by atoms with E-state index >= 15 is 0 Å². The van der Waals surface area contributed by atoms with Crippen molar-refractivity contribution in [2.45, 2.75) is 0 Å². The molecule has 0 aromatic heterocycles. The van der Waals surface area contributed by atoms with Crippen LogP contribution in [0.4, 0.5) is 0 Å². The normalized spacial score (nSPS) is 13.8. The quantitative estimate of drug-likeness (QED) is 0.460. The predicted octanol–water partition coefficient (Wildman–Crippen LogP) is 2.42. The van der Waals surface area contributed by atoms with Crippen LogP contribution in [0.25, 0.3) is 0 Å². The maximum atomic E-state index is 10.3. The molecule has 0 aliphatic carbocycles. The minimum atomic E-state index is -1.96. The van der Waals surface area contributed by atoms with E-state index in [1.54, 1.807) is 24.3 Å². The molecule has 0 fully saturated rings. The Kier molecular flexibility index (Phi) is 4.21. The number of halogens is 2. The summed E-state index contributed by atoms with van der Waals surface area (Å²) in [6, 6.07) is 8.92. The summed E-state index contributed by atoms with van der Waals surface area (Å²) in [5.74, 6) is 0. The van der Waals surface area contributed by atoms with Crippen molar-refractivity contribution in [3.05, 3.63) is 35.9 Å². The van der Waals surface area contributed by atoms with Crippen LogP contribution in [-0.2, 0) is 14.6 Å². The van der Waals surface area contributed by atoms with Gasteiger partial charge in [-0.3, -0.25) is 4.28 Å². The summed E-state index contributed by atoms with van der Waals surface area (Å²) in [6.07, 6.45) is 0. The van der Waals surface area contributed by atoms with E-state index in [9.17, 15) is 4.21 Å². The lowest BCUT2D eigenvalue weighted by Gasteiger charge is -1.95. The highest BCUT2D eigenvalue weighted by Crippen LogP contribution is 2.05. The van der Waals surface area contributed by atoms with E-state index in [0.29, 0.717) is 5.56 Å². The van der Waals surface area contributed by atoms with Crippen LogP contribution >= 0.6 is 22.3 Å². The molecule has 3 nitrogen and oxygen atoms in total. The van der Waals surface area contributed by atoms with E-state index in [2.05, 4.69) is 9.44 Å². The molecule has 0 saturated heterocycles. The summed E-state index contributed by atoms with van der Waals surface area (Å²) in [4.78, 5) is 0. The fourth-order valence-electron chi connectivity index (χ4n) is 0.690. The smallest absolute Gasteiger partial charge is 0.274 e. The molecular weight excluding hydrogens is 233 g/mol. The number of hydrogen-bond acceptors (Lipinski definition) is 3. The van der Waals surface area contributed by atoms with Gasteiger partial charge in [-0.1, -0.05) is 47.1 Å². The van der Waals surface area contributed by atoms with Gasteiger partial charge < -0.3 is 0 Å². The fraction of sp³-hybridized carbons (Fsp3) is 0. The van der Waals surface area contributed by atoms with E-state index in [1.807, 2.05) is 6.07 Å². The van der Waals surface area contributed by atoms with Crippen LogP contribution in [-0.4, -0.2) is 9.38 Å². The lowest BCUT2D eigenvalue weighted by Crippen LogP contribution is -1.92. The van der Waals surface area contributed by atoms with Crippen molar-refractivity contribution in [1.29, 1.82) is 0 Å². The average Bonchev–Trinajstić information content (AvgIpc) is 2.15. The van der Waals surface area contributed by atoms with Crippen molar-refractivity contribution >= 4 is 37.7 Å². The highest BCUT2D eigenvalue weighted by Gasteiger charge is 1.99. The van der Waals surface area contributed by atoms with E-state index in [4.69, 9.17) is 22.3 Å². The highest BCUT2D eigenvalue weighted by molar-refractivity contribution is 8.04. The van der Waals surface area contributed by atoms with Gasteiger partial charge in [0, 0.05) is 16.2 Å². The third-order valence-corrected chi connectivity index (χ3v) is 1.84. The third-order valence-electron chi connectivity index (χ3n) is 1.19. The molecule has 1 atom stereocenters. The molecule has 0 radical (unpaired) electrons. The summed E-state index contributed by atoms with van der Waals surface area (Å²) in [5, 5.41) is 3.45. The minimum absolute atomic E-state index is 0.106. The zero-order chi connectivity index (χ0) is 9.68. The zero-order valence-electron chi connectivity index (χ0n) is 6.31. The van der Waals surface area contributed by atoms with Gasteiger partial charge in [-0.15, -0.1) is 0 Å². The van der Waals surface area contributed by atoms with Crippen LogP contribution in [0.1, 0.15) is 5.56 Å². The van der Waals surface area contributed by atoms with E-state index in [0.717, 1.165) is 0 Å². The van der Waals surface area contributed by atoms with Crippen molar-refractivity contribution in [2.75, 3.05) is 0 Å². The van der Waals surface area contributed by atoms with Crippen molar-refractivity contribution in [2.24, 2.45) is 5.16 Å². The molecule has 0 aliphatic rings. The lowest BCUT2D eigenvalue weighted by atomic mass is 10.2. The third kappa shape index (κ3) is 3.76. The second-order valence-electron chi connectivity index (χ2n) is 2.02. The van der Waals surface area contributed by atoms with Gasteiger partial charge in [0.25, 0.3) is 0 Å². The largest absolute Gasteiger partial charge is 0.330 e. The Bertz CT molecular complexity index is 329. The molecule has 70 valence electrons. The minimum Gasteiger partial charge on any atom is -0.274 e. The first-order chi connectivity index (χ1) is 6.20. The summed E-state index contributed by atoms with van der Waals surface area (Å²) >= 11 is 5.68. The van der Waals surface area contributed by atoms with Gasteiger partial charge in [-0.2, -0.15) is 4.21 Å². The van der Waals surface area contributed by atoms with Crippen molar-refractivity contribution < 1.29 is 8.49 Å². The first-order valence-electron chi connectivity index (χ1n) is 3.24. The zero-order valence-corrected chi connectivity index (χ0v) is 8.64. The highest BCUT2D eigenvalue weighted by atomic mass is 35.7. The fourth-order valence-corrected chi connectivity index (χ4v) is 1.11. The summed E-state index contributed by atoms with van der Waals surface area (Å²) in [6.45, 7) is 0. The second-order valence-corrected chi connectivity index (χ2v) is 3.67. The number of nitrogens with zero attached hydrogens (tertiary/aromatic N) is 1. The number of rotatable bonds is 3. The molecule has 0 saturated carbocycles. The number of oxime groups is 1. The van der Waals surface area contributed by atoms with Gasteiger partial charge in [0.05, 0.1) is 0 Å². The van der Waals surface area contributed by atoms with Crippen molar-refractivity contribution in [3.63, 3.8) is 0 Å². The topological polar surface area (TPSA) is 38.7 Å². The summed E-state index contributed by atoms with van der Waals surface area (Å²) in [5.41, 5.74) is 0.672. The maximum Gasteiger partial charge on any atom is 0.330 e. The Labute approximate surface area is 87.5 Å². The molecular formula is C7H5Cl2NO2S. The molecule has 6 heteroatoms. The molecule has 0 heterocycles. The Morgan fingerprint density at radius 2 is 2.00 bits per heavy atom. The number of benzene rings is 1. The molecule has 1 aromatic rings. The Balaban J connectivity index is 2.73. The monoisotopic (exact) mass is 237 g/mol. The van der Waals surface area contributed by atoms with Gasteiger partial charge in [-0.25, -0.2) is 0 Å². The Hall–Kier alpha value is -0.580. The van der Waals surface area contributed by atoms with Crippen molar-refractivity contribution in [1.82, 2.24) is 0 Å². The van der Waals surface area contributed by atoms with Crippen LogP contribution in [0.5, 0.6) is 0 Å². The Morgan fingerprint density at radius 3 is 2.54 bits per heavy atom. The average molecular weight is 238 g/mol. The first-order valence-corrected chi connectivity index (χ1v) is 5.52. The maximum absolute atomic E-state index is 10.3. The molecule has 1 unspecified atom stereocenters. The molecule has 1 aromatic carbocycles. The first kappa shape index (κ1) is 10.5. The van der Waals surface area contributed by atoms with Crippen LogP contribution in [0.3, 0.4) is 0 Å². The molecule has 0 N–H and O–H groups in total.